The fourth-order valence-electron chi connectivity index (χ4n) is 4.31. The lowest BCUT2D eigenvalue weighted by molar-refractivity contribution is -0.295. The van der Waals surface area contributed by atoms with Gasteiger partial charge in [-0.05, 0) is 11.6 Å². The highest BCUT2D eigenvalue weighted by molar-refractivity contribution is 7.47. The van der Waals surface area contributed by atoms with Crippen LogP contribution in [0.4, 0.5) is 0 Å². The van der Waals surface area contributed by atoms with Gasteiger partial charge in [0, 0.05) is 23.5 Å². The highest BCUT2D eigenvalue weighted by Gasteiger charge is 2.57. The highest BCUT2D eigenvalue weighted by atomic mass is 31.2. The minimum absolute atomic E-state index is 0.0703. The second-order valence-electron chi connectivity index (χ2n) is 9.32. The van der Waals surface area contributed by atoms with Gasteiger partial charge in [0.15, 0.2) is 6.23 Å². The summed E-state index contributed by atoms with van der Waals surface area (Å²) in [7, 11) is -5.38. The van der Waals surface area contributed by atoms with E-state index in [1.54, 1.807) is 0 Å². The van der Waals surface area contributed by atoms with Gasteiger partial charge in [0.05, 0.1) is 31.5 Å². The van der Waals surface area contributed by atoms with Gasteiger partial charge in [0.25, 0.3) is 5.79 Å². The number of phosphoric ester groups is 1. The summed E-state index contributed by atoms with van der Waals surface area (Å²) in [4.78, 5) is 30.1. The number of phosphoric acid groups is 1. The van der Waals surface area contributed by atoms with Crippen molar-refractivity contribution in [2.45, 2.75) is 68.1 Å². The summed E-state index contributed by atoms with van der Waals surface area (Å²) in [5.41, 5.74) is 14.0. The van der Waals surface area contributed by atoms with Crippen LogP contribution in [0.15, 0.2) is 34.8 Å². The number of aliphatic carboxylic acids is 1. The minimum Gasteiger partial charge on any atom is -0.477 e. The monoisotopic (exact) mass is 594 g/mol. The van der Waals surface area contributed by atoms with E-state index in [4.69, 9.17) is 29.8 Å². The topological polar surface area (TPSA) is 303 Å². The average Bonchev–Trinajstić information content (AvgIpc) is 3.16. The lowest BCUT2D eigenvalue weighted by Crippen LogP contribution is -2.60. The molecule has 9 N–H and O–H groups in total. The van der Waals surface area contributed by atoms with Crippen molar-refractivity contribution in [2.24, 2.45) is 21.8 Å². The Morgan fingerprint density at radius 1 is 1.43 bits per heavy atom. The van der Waals surface area contributed by atoms with Gasteiger partial charge in [0.1, 0.15) is 36.1 Å². The largest absolute Gasteiger partial charge is 0.477 e. The van der Waals surface area contributed by atoms with E-state index in [2.05, 4.69) is 21.6 Å². The molecule has 224 valence electrons. The average molecular weight is 594 g/mol. The molecule has 0 aromatic heterocycles. The van der Waals surface area contributed by atoms with E-state index in [1.165, 1.54) is 24.1 Å². The summed E-state index contributed by atoms with van der Waals surface area (Å²) < 4.78 is 33.4. The standard InChI is InChI=1S/C20H31N6O13P/c1-8-10(27)5-20(19(32)33,38-17(8)14(29)11(28)6-23-25-22)39-40(34,35)36-7-12-15(30)16(31)18(37-12)26-4-3-13(21)24-9(26)2/h3-4,8,10-12,14-18,27-31H,2,5-7H2,1H3,(H2,21,24)(H,32,33)(H,34,35)/t8?,10?,11-,12-,14-,15+,16?,17?,18-,20?/m1/s1. The van der Waals surface area contributed by atoms with Gasteiger partial charge >= 0.3 is 13.8 Å². The van der Waals surface area contributed by atoms with Crippen molar-refractivity contribution in [1.29, 1.82) is 0 Å². The molecule has 0 amide bonds. The zero-order valence-electron chi connectivity index (χ0n) is 21.0. The van der Waals surface area contributed by atoms with Crippen LogP contribution in [-0.2, 0) is 27.9 Å². The molecule has 0 aromatic carbocycles. The van der Waals surface area contributed by atoms with Crippen molar-refractivity contribution in [3.05, 3.63) is 35.1 Å². The van der Waals surface area contributed by atoms with Crippen molar-refractivity contribution in [1.82, 2.24) is 4.90 Å². The number of carboxylic acids is 1. The number of rotatable bonds is 11. The zero-order chi connectivity index (χ0) is 30.0. The fourth-order valence-corrected chi connectivity index (χ4v) is 5.27. The molecule has 0 aliphatic carbocycles. The first-order chi connectivity index (χ1) is 18.6. The predicted molar refractivity (Wildman–Crippen MR) is 130 cm³/mol. The minimum atomic E-state index is -5.38. The van der Waals surface area contributed by atoms with E-state index < -0.39 is 94.0 Å². The third-order valence-corrected chi connectivity index (χ3v) is 7.56. The summed E-state index contributed by atoms with van der Waals surface area (Å²) >= 11 is 0. The van der Waals surface area contributed by atoms with Gasteiger partial charge in [-0.3, -0.25) is 4.52 Å². The van der Waals surface area contributed by atoms with E-state index in [1.807, 2.05) is 0 Å². The molecule has 20 heteroatoms. The number of carbonyl (C=O) groups is 1. The molecule has 2 fully saturated rings. The van der Waals surface area contributed by atoms with Crippen molar-refractivity contribution in [3.8, 4) is 0 Å². The van der Waals surface area contributed by atoms with Crippen molar-refractivity contribution in [3.63, 3.8) is 0 Å². The molecule has 6 unspecified atom stereocenters. The molecule has 3 rings (SSSR count). The van der Waals surface area contributed by atoms with Crippen LogP contribution in [0.2, 0.25) is 0 Å². The van der Waals surface area contributed by atoms with Gasteiger partial charge in [-0.2, -0.15) is 0 Å². The summed E-state index contributed by atoms with van der Waals surface area (Å²) in [5.74, 6) is -5.82. The fraction of sp³-hybridized carbons (Fsp3) is 0.700. The summed E-state index contributed by atoms with van der Waals surface area (Å²) in [6.45, 7) is 3.50. The van der Waals surface area contributed by atoms with E-state index in [0.717, 1.165) is 0 Å². The van der Waals surface area contributed by atoms with E-state index in [0.29, 0.717) is 0 Å². The number of aliphatic hydroxyl groups is 5. The van der Waals surface area contributed by atoms with Crippen molar-refractivity contribution < 1.29 is 63.4 Å². The van der Waals surface area contributed by atoms with Gasteiger partial charge in [-0.25, -0.2) is 18.9 Å². The van der Waals surface area contributed by atoms with Crippen LogP contribution in [0.1, 0.15) is 13.3 Å². The number of carboxylic acid groups (broad SMARTS) is 1. The Labute approximate surface area is 226 Å². The lowest BCUT2D eigenvalue weighted by Gasteiger charge is -2.45. The maximum absolute atomic E-state index is 12.8. The number of azide groups is 1. The molecular formula is C20H31N6O13P. The number of hydrogen-bond acceptors (Lipinski definition) is 15. The smallest absolute Gasteiger partial charge is 0.475 e. The molecule has 0 aromatic rings. The van der Waals surface area contributed by atoms with Gasteiger partial charge in [-0.1, -0.05) is 18.6 Å². The Hall–Kier alpha value is -2.64. The maximum Gasteiger partial charge on any atom is 0.475 e. The Bertz CT molecular complexity index is 1130. The van der Waals surface area contributed by atoms with Crippen molar-refractivity contribution >= 4 is 19.6 Å². The summed E-state index contributed by atoms with van der Waals surface area (Å²) in [5, 5.41) is 64.7. The van der Waals surface area contributed by atoms with Crippen LogP contribution in [0.25, 0.3) is 10.4 Å². The quantitative estimate of drug-likeness (QED) is 0.0546. The second kappa shape index (κ2) is 12.5. The molecule has 0 bridgehead atoms. The lowest BCUT2D eigenvalue weighted by atomic mass is 9.84. The highest BCUT2D eigenvalue weighted by Crippen LogP contribution is 2.52. The van der Waals surface area contributed by atoms with Crippen molar-refractivity contribution in [2.75, 3.05) is 13.2 Å². The number of ether oxygens (including phenoxy) is 2. The molecule has 19 nitrogen and oxygen atoms in total. The molecule has 0 radical (unpaired) electrons. The van der Waals surface area contributed by atoms with Crippen LogP contribution in [0.5, 0.6) is 0 Å². The summed E-state index contributed by atoms with van der Waals surface area (Å²) in [6.07, 6.45) is -10.9. The second-order valence-corrected chi connectivity index (χ2v) is 10.7. The van der Waals surface area contributed by atoms with Gasteiger partial charge in [0.2, 0.25) is 0 Å². The number of aliphatic hydroxyl groups excluding tert-OH is 5. The first-order valence-electron chi connectivity index (χ1n) is 11.8. The van der Waals surface area contributed by atoms with Crippen LogP contribution < -0.4 is 5.73 Å². The molecule has 3 aliphatic rings. The normalized spacial score (nSPS) is 37.3. The Morgan fingerprint density at radius 2 is 2.10 bits per heavy atom. The molecule has 0 spiro atoms. The third kappa shape index (κ3) is 6.80. The Kier molecular flexibility index (Phi) is 9.95. The number of nitrogens with zero attached hydrogens (tertiary/aromatic N) is 5. The van der Waals surface area contributed by atoms with Gasteiger partial charge < -0.3 is 55.6 Å². The van der Waals surface area contributed by atoms with Crippen LogP contribution in [-0.4, -0.2) is 120 Å². The van der Waals surface area contributed by atoms with Gasteiger partial charge in [-0.15, -0.1) is 0 Å². The first-order valence-corrected chi connectivity index (χ1v) is 13.3. The molecular weight excluding hydrogens is 563 g/mol. The van der Waals surface area contributed by atoms with Crippen LogP contribution in [0.3, 0.4) is 0 Å². The SMILES string of the molecule is C=C1N=C(N)C=CN1[C@@H]1O[C@H](COP(=O)(O)OC2(C(=O)O)CC(O)C(C)C([C@H](O)[C@H](O)CN=[N+]=[N-])O2)[C@H](O)C1O. The number of amidine groups is 1. The molecule has 2 saturated heterocycles. The summed E-state index contributed by atoms with van der Waals surface area (Å²) in [6, 6.07) is 0. The number of hydrogen-bond donors (Lipinski definition) is 8. The molecule has 40 heavy (non-hydrogen) atoms. The Morgan fingerprint density at radius 3 is 2.70 bits per heavy atom. The molecule has 3 aliphatic heterocycles. The van der Waals surface area contributed by atoms with Crippen LogP contribution in [0, 0.1) is 5.92 Å². The van der Waals surface area contributed by atoms with E-state index in [-0.39, 0.29) is 11.7 Å². The van der Waals surface area contributed by atoms with E-state index >= 15 is 0 Å². The maximum atomic E-state index is 12.8. The number of nitrogens with two attached hydrogens (primary N) is 1. The zero-order valence-corrected chi connectivity index (χ0v) is 21.9. The molecule has 0 saturated carbocycles. The third-order valence-electron chi connectivity index (χ3n) is 6.56. The van der Waals surface area contributed by atoms with Crippen LogP contribution >= 0.6 is 7.82 Å². The Balaban J connectivity index is 1.72. The molecule has 3 heterocycles. The number of aliphatic imine (C=N–C) groups is 1. The predicted octanol–water partition coefficient (Wildman–Crippen LogP) is -2.18. The first kappa shape index (κ1) is 31.9. The van der Waals surface area contributed by atoms with E-state index in [9.17, 15) is 44.9 Å². The molecule has 11 atom stereocenters.